The van der Waals surface area contributed by atoms with Crippen LogP contribution in [-0.2, 0) is 0 Å². The van der Waals surface area contributed by atoms with Crippen molar-refractivity contribution in [3.63, 3.8) is 0 Å². The Labute approximate surface area is 84.4 Å². The molecule has 0 fully saturated rings. The lowest BCUT2D eigenvalue weighted by Gasteiger charge is -2.25. The van der Waals surface area contributed by atoms with Gasteiger partial charge in [0.25, 0.3) is 0 Å². The minimum absolute atomic E-state index is 0.367. The summed E-state index contributed by atoms with van der Waals surface area (Å²) in [5.41, 5.74) is 5.46. The Morgan fingerprint density at radius 3 is 2.64 bits per heavy atom. The van der Waals surface area contributed by atoms with Crippen molar-refractivity contribution in [3.05, 3.63) is 24.8 Å². The van der Waals surface area contributed by atoms with Crippen molar-refractivity contribution in [1.29, 1.82) is 0 Å². The predicted molar refractivity (Wildman–Crippen MR) is 59.1 cm³/mol. The molecule has 14 heavy (non-hydrogen) atoms. The van der Waals surface area contributed by atoms with Crippen LogP contribution >= 0.6 is 0 Å². The number of nitrogens with two attached hydrogens (primary N) is 1. The molecule has 1 rings (SSSR count). The van der Waals surface area contributed by atoms with Crippen molar-refractivity contribution in [2.45, 2.75) is 19.9 Å². The second-order valence-electron chi connectivity index (χ2n) is 3.35. The summed E-state index contributed by atoms with van der Waals surface area (Å²) in [6, 6.07) is 3.98. The largest absolute Gasteiger partial charge is 0.382 e. The highest BCUT2D eigenvalue weighted by Gasteiger charge is 2.09. The molecule has 0 radical (unpaired) electrons. The molecule has 0 saturated carbocycles. The quantitative estimate of drug-likeness (QED) is 0.734. The summed E-state index contributed by atoms with van der Waals surface area (Å²) in [6.07, 6.45) is 1.85. The van der Waals surface area contributed by atoms with Gasteiger partial charge in [0, 0.05) is 12.6 Å². The Morgan fingerprint density at radius 2 is 2.21 bits per heavy atom. The maximum atomic E-state index is 5.46. The van der Waals surface area contributed by atoms with Crippen LogP contribution < -0.4 is 10.6 Å². The Balaban J connectivity index is 2.87. The highest BCUT2D eigenvalue weighted by Crippen LogP contribution is 2.13. The molecule has 0 bridgehead atoms. The van der Waals surface area contributed by atoms with E-state index in [1.165, 1.54) is 0 Å². The second-order valence-corrected chi connectivity index (χ2v) is 3.35. The van der Waals surface area contributed by atoms with Crippen LogP contribution in [0.15, 0.2) is 24.8 Å². The van der Waals surface area contributed by atoms with Crippen molar-refractivity contribution in [1.82, 2.24) is 10.2 Å². The third-order valence-corrected chi connectivity index (χ3v) is 1.91. The molecule has 1 aromatic rings. The first kappa shape index (κ1) is 10.5. The Hall–Kier alpha value is -1.58. The molecule has 1 aromatic heterocycles. The van der Waals surface area contributed by atoms with Gasteiger partial charge in [-0.15, -0.1) is 16.8 Å². The molecule has 2 N–H and O–H groups in total. The Morgan fingerprint density at radius 1 is 1.50 bits per heavy atom. The predicted octanol–water partition coefficient (Wildman–Crippen LogP) is 1.46. The van der Waals surface area contributed by atoms with Crippen LogP contribution in [-0.4, -0.2) is 22.8 Å². The summed E-state index contributed by atoms with van der Waals surface area (Å²) < 4.78 is 0. The summed E-state index contributed by atoms with van der Waals surface area (Å²) in [6.45, 7) is 8.67. The van der Waals surface area contributed by atoms with Crippen LogP contribution in [0.5, 0.6) is 0 Å². The van der Waals surface area contributed by atoms with Crippen LogP contribution in [0.4, 0.5) is 11.6 Å². The molecule has 0 aliphatic rings. The number of anilines is 2. The lowest BCUT2D eigenvalue weighted by molar-refractivity contribution is 0.705. The third-order valence-electron chi connectivity index (χ3n) is 1.91. The number of aromatic nitrogens is 2. The van der Waals surface area contributed by atoms with Gasteiger partial charge >= 0.3 is 0 Å². The average molecular weight is 192 g/mol. The standard InChI is InChI=1S/C10H16N4/c1-4-7-14(8(2)3)10-6-5-9(11)12-13-10/h4-6,8H,1,7H2,2-3H3,(H2,11,12). The molecule has 0 spiro atoms. The van der Waals surface area contributed by atoms with Gasteiger partial charge in [0.2, 0.25) is 0 Å². The molecule has 4 heteroatoms. The first-order chi connectivity index (χ1) is 6.65. The monoisotopic (exact) mass is 192 g/mol. The Kier molecular flexibility index (Phi) is 3.45. The molecular weight excluding hydrogens is 176 g/mol. The van der Waals surface area contributed by atoms with Gasteiger partial charge in [-0.05, 0) is 26.0 Å². The van der Waals surface area contributed by atoms with Crippen molar-refractivity contribution >= 4 is 11.6 Å². The van der Waals surface area contributed by atoms with Gasteiger partial charge in [-0.2, -0.15) is 0 Å². The molecule has 0 aliphatic heterocycles. The zero-order chi connectivity index (χ0) is 10.6. The average Bonchev–Trinajstić information content (AvgIpc) is 2.15. The van der Waals surface area contributed by atoms with Gasteiger partial charge in [0.1, 0.15) is 5.82 Å². The first-order valence-corrected chi connectivity index (χ1v) is 4.62. The van der Waals surface area contributed by atoms with E-state index >= 15 is 0 Å². The highest BCUT2D eigenvalue weighted by atomic mass is 15.3. The smallest absolute Gasteiger partial charge is 0.151 e. The van der Waals surface area contributed by atoms with Gasteiger partial charge in [-0.1, -0.05) is 6.08 Å². The number of nitrogen functional groups attached to an aromatic ring is 1. The third kappa shape index (κ3) is 2.45. The van der Waals surface area contributed by atoms with Crippen LogP contribution in [0.3, 0.4) is 0 Å². The summed E-state index contributed by atoms with van der Waals surface area (Å²) >= 11 is 0. The molecule has 4 nitrogen and oxygen atoms in total. The topological polar surface area (TPSA) is 55.0 Å². The number of rotatable bonds is 4. The second kappa shape index (κ2) is 4.60. The van der Waals surface area contributed by atoms with Crippen molar-refractivity contribution in [3.8, 4) is 0 Å². The fourth-order valence-electron chi connectivity index (χ4n) is 1.20. The molecule has 1 heterocycles. The van der Waals surface area contributed by atoms with Crippen LogP contribution in [0.25, 0.3) is 0 Å². The van der Waals surface area contributed by atoms with Crippen molar-refractivity contribution in [2.24, 2.45) is 0 Å². The first-order valence-electron chi connectivity index (χ1n) is 4.62. The van der Waals surface area contributed by atoms with Gasteiger partial charge < -0.3 is 10.6 Å². The fraction of sp³-hybridized carbons (Fsp3) is 0.400. The Bertz CT molecular complexity index is 291. The van der Waals surface area contributed by atoms with E-state index in [1.807, 2.05) is 12.1 Å². The molecule has 0 unspecified atom stereocenters. The van der Waals surface area contributed by atoms with Crippen LogP contribution in [0.2, 0.25) is 0 Å². The molecule has 76 valence electrons. The minimum atomic E-state index is 0.367. The maximum absolute atomic E-state index is 5.46. The molecule has 0 aromatic carbocycles. The molecule has 0 aliphatic carbocycles. The number of nitrogens with zero attached hydrogens (tertiary/aromatic N) is 3. The van der Waals surface area contributed by atoms with Crippen LogP contribution in [0.1, 0.15) is 13.8 Å². The molecule has 0 atom stereocenters. The summed E-state index contributed by atoms with van der Waals surface area (Å²) in [5, 5.41) is 7.84. The lowest BCUT2D eigenvalue weighted by Crippen LogP contribution is -2.31. The summed E-state index contributed by atoms with van der Waals surface area (Å²) in [7, 11) is 0. The SMILES string of the molecule is C=CCN(c1ccc(N)nn1)C(C)C. The van der Waals surface area contributed by atoms with E-state index in [0.29, 0.717) is 11.9 Å². The van der Waals surface area contributed by atoms with Crippen molar-refractivity contribution in [2.75, 3.05) is 17.2 Å². The molecule has 0 amide bonds. The van der Waals surface area contributed by atoms with E-state index in [1.54, 1.807) is 6.07 Å². The zero-order valence-corrected chi connectivity index (χ0v) is 8.64. The van der Waals surface area contributed by atoms with E-state index < -0.39 is 0 Å². The minimum Gasteiger partial charge on any atom is -0.382 e. The number of hydrogen-bond donors (Lipinski definition) is 1. The summed E-state index contributed by atoms with van der Waals surface area (Å²) in [5.74, 6) is 1.27. The van der Waals surface area contributed by atoms with Crippen LogP contribution in [0, 0.1) is 0 Å². The van der Waals surface area contributed by atoms with E-state index in [4.69, 9.17) is 5.73 Å². The van der Waals surface area contributed by atoms with Gasteiger partial charge in [0.05, 0.1) is 0 Å². The van der Waals surface area contributed by atoms with Gasteiger partial charge in [-0.25, -0.2) is 0 Å². The van der Waals surface area contributed by atoms with Gasteiger partial charge in [-0.3, -0.25) is 0 Å². The molecular formula is C10H16N4. The van der Waals surface area contributed by atoms with Gasteiger partial charge in [0.15, 0.2) is 5.82 Å². The summed E-state index contributed by atoms with van der Waals surface area (Å²) in [4.78, 5) is 2.10. The van der Waals surface area contributed by atoms with E-state index in [9.17, 15) is 0 Å². The van der Waals surface area contributed by atoms with E-state index in [0.717, 1.165) is 12.4 Å². The van der Waals surface area contributed by atoms with Crippen molar-refractivity contribution < 1.29 is 0 Å². The zero-order valence-electron chi connectivity index (χ0n) is 8.64. The maximum Gasteiger partial charge on any atom is 0.151 e. The number of hydrogen-bond acceptors (Lipinski definition) is 4. The lowest BCUT2D eigenvalue weighted by atomic mass is 10.3. The fourth-order valence-corrected chi connectivity index (χ4v) is 1.20. The van der Waals surface area contributed by atoms with E-state index in [2.05, 4.69) is 35.5 Å². The normalized spacial score (nSPS) is 10.2. The highest BCUT2D eigenvalue weighted by molar-refractivity contribution is 5.42. The molecule has 0 saturated heterocycles. The van der Waals surface area contributed by atoms with E-state index in [-0.39, 0.29) is 0 Å².